The van der Waals surface area contributed by atoms with E-state index in [9.17, 15) is 4.79 Å². The lowest BCUT2D eigenvalue weighted by molar-refractivity contribution is 0.101. The quantitative estimate of drug-likeness (QED) is 0.770. The van der Waals surface area contributed by atoms with Crippen LogP contribution < -0.4 is 5.32 Å². The molecule has 0 bridgehead atoms. The molecule has 0 spiro atoms. The Morgan fingerprint density at radius 2 is 2.12 bits per heavy atom. The second-order valence-corrected chi connectivity index (χ2v) is 6.20. The Kier molecular flexibility index (Phi) is 4.59. The van der Waals surface area contributed by atoms with Gasteiger partial charge in [-0.3, -0.25) is 14.2 Å². The molecular formula is C16H15Cl2N5O. The van der Waals surface area contributed by atoms with Crippen LogP contribution >= 0.6 is 23.2 Å². The van der Waals surface area contributed by atoms with Gasteiger partial charge in [0.05, 0.1) is 29.1 Å². The molecule has 6 nitrogen and oxygen atoms in total. The summed E-state index contributed by atoms with van der Waals surface area (Å²) < 4.78 is 3.18. The first kappa shape index (κ1) is 16.5. The van der Waals surface area contributed by atoms with E-state index in [1.807, 2.05) is 24.3 Å². The molecule has 2 aromatic heterocycles. The summed E-state index contributed by atoms with van der Waals surface area (Å²) in [4.78, 5) is 12.4. The van der Waals surface area contributed by atoms with Crippen LogP contribution in [0.1, 0.15) is 21.7 Å². The second kappa shape index (κ2) is 6.67. The number of benzene rings is 1. The van der Waals surface area contributed by atoms with Gasteiger partial charge in [0.25, 0.3) is 5.91 Å². The Balaban J connectivity index is 1.73. The number of nitrogens with zero attached hydrogens (tertiary/aromatic N) is 4. The van der Waals surface area contributed by atoms with E-state index in [2.05, 4.69) is 15.5 Å². The maximum absolute atomic E-state index is 12.4. The zero-order chi connectivity index (χ0) is 17.3. The molecule has 2 heterocycles. The van der Waals surface area contributed by atoms with E-state index in [1.54, 1.807) is 31.0 Å². The van der Waals surface area contributed by atoms with Gasteiger partial charge in [-0.15, -0.1) is 0 Å². The minimum absolute atomic E-state index is 0.316. The number of anilines is 1. The summed E-state index contributed by atoms with van der Waals surface area (Å²) in [7, 11) is 1.68. The number of carbonyl (C=O) groups is 1. The van der Waals surface area contributed by atoms with Crippen LogP contribution in [0.5, 0.6) is 0 Å². The Hall–Kier alpha value is -2.31. The van der Waals surface area contributed by atoms with Crippen molar-refractivity contribution >= 4 is 34.8 Å². The third-order valence-electron chi connectivity index (χ3n) is 3.49. The van der Waals surface area contributed by atoms with E-state index in [-0.39, 0.29) is 5.91 Å². The molecule has 0 aliphatic heterocycles. The summed E-state index contributed by atoms with van der Waals surface area (Å²) in [5, 5.41) is 12.2. The number of hydrogen-bond acceptors (Lipinski definition) is 3. The monoisotopic (exact) mass is 363 g/mol. The van der Waals surface area contributed by atoms with Crippen molar-refractivity contribution in [2.45, 2.75) is 13.5 Å². The predicted molar refractivity (Wildman–Crippen MR) is 93.7 cm³/mol. The summed E-state index contributed by atoms with van der Waals surface area (Å²) >= 11 is 12.1. The summed E-state index contributed by atoms with van der Waals surface area (Å²) in [5.74, 6) is -0.328. The van der Waals surface area contributed by atoms with Crippen LogP contribution in [0.2, 0.25) is 10.0 Å². The van der Waals surface area contributed by atoms with E-state index in [4.69, 9.17) is 23.2 Å². The lowest BCUT2D eigenvalue weighted by Crippen LogP contribution is -2.16. The van der Waals surface area contributed by atoms with Gasteiger partial charge in [0, 0.05) is 18.3 Å². The van der Waals surface area contributed by atoms with Crippen molar-refractivity contribution in [2.75, 3.05) is 5.32 Å². The fourth-order valence-corrected chi connectivity index (χ4v) is 2.87. The van der Waals surface area contributed by atoms with Crippen LogP contribution in [-0.4, -0.2) is 25.5 Å². The number of carbonyl (C=O) groups excluding carboxylic acids is 1. The maximum atomic E-state index is 12.4. The highest BCUT2D eigenvalue weighted by atomic mass is 35.5. The SMILES string of the molecule is Cc1nn(C)c(C(=O)Nc2cnn(Cc3cccc(Cl)c3)c2)c1Cl. The van der Waals surface area contributed by atoms with Gasteiger partial charge in [0.15, 0.2) is 0 Å². The minimum atomic E-state index is -0.328. The Morgan fingerprint density at radius 1 is 1.33 bits per heavy atom. The Bertz CT molecular complexity index is 900. The first-order chi connectivity index (χ1) is 11.4. The standard InChI is InChI=1S/C16H15Cl2N5O/c1-10-14(18)15(22(2)21-10)16(24)20-13-7-19-23(9-13)8-11-4-3-5-12(17)6-11/h3-7,9H,8H2,1-2H3,(H,20,24). The molecule has 24 heavy (non-hydrogen) atoms. The van der Waals surface area contributed by atoms with Crippen LogP contribution in [0.15, 0.2) is 36.7 Å². The number of hydrogen-bond donors (Lipinski definition) is 1. The molecule has 0 fully saturated rings. The summed E-state index contributed by atoms with van der Waals surface area (Å²) in [5.41, 5.74) is 2.53. The number of nitrogens with one attached hydrogen (secondary N) is 1. The first-order valence-electron chi connectivity index (χ1n) is 7.21. The third-order valence-corrected chi connectivity index (χ3v) is 4.18. The predicted octanol–water partition coefficient (Wildman–Crippen LogP) is 3.53. The number of aryl methyl sites for hydroxylation is 2. The average molecular weight is 364 g/mol. The lowest BCUT2D eigenvalue weighted by Gasteiger charge is -2.04. The van der Waals surface area contributed by atoms with Crippen molar-refractivity contribution in [3.8, 4) is 0 Å². The molecule has 124 valence electrons. The molecule has 1 amide bonds. The fourth-order valence-electron chi connectivity index (χ4n) is 2.41. The van der Waals surface area contributed by atoms with Crippen molar-refractivity contribution in [1.29, 1.82) is 0 Å². The van der Waals surface area contributed by atoms with Crippen LogP contribution in [-0.2, 0) is 13.6 Å². The first-order valence-corrected chi connectivity index (χ1v) is 7.97. The Morgan fingerprint density at radius 3 is 2.79 bits per heavy atom. The van der Waals surface area contributed by atoms with Crippen LogP contribution in [0, 0.1) is 6.92 Å². The molecule has 3 rings (SSSR count). The Labute approximate surface area is 149 Å². The maximum Gasteiger partial charge on any atom is 0.275 e. The van der Waals surface area contributed by atoms with Gasteiger partial charge in [-0.2, -0.15) is 10.2 Å². The van der Waals surface area contributed by atoms with E-state index in [0.717, 1.165) is 5.56 Å². The topological polar surface area (TPSA) is 64.7 Å². The smallest absolute Gasteiger partial charge is 0.275 e. The molecule has 0 saturated carbocycles. The van der Waals surface area contributed by atoms with Crippen molar-refractivity contribution in [3.63, 3.8) is 0 Å². The molecule has 0 aliphatic rings. The number of amides is 1. The van der Waals surface area contributed by atoms with Gasteiger partial charge in [0.2, 0.25) is 0 Å². The molecule has 3 aromatic rings. The largest absolute Gasteiger partial charge is 0.318 e. The normalized spacial score (nSPS) is 10.8. The molecule has 0 unspecified atom stereocenters. The molecular weight excluding hydrogens is 349 g/mol. The van der Waals surface area contributed by atoms with Gasteiger partial charge in [-0.25, -0.2) is 0 Å². The molecule has 0 aliphatic carbocycles. The van der Waals surface area contributed by atoms with Crippen LogP contribution in [0.3, 0.4) is 0 Å². The lowest BCUT2D eigenvalue weighted by atomic mass is 10.2. The van der Waals surface area contributed by atoms with E-state index in [1.165, 1.54) is 4.68 Å². The van der Waals surface area contributed by atoms with Gasteiger partial charge >= 0.3 is 0 Å². The van der Waals surface area contributed by atoms with Crippen molar-refractivity contribution in [3.05, 3.63) is 63.7 Å². The summed E-state index contributed by atoms with van der Waals surface area (Å²) in [6, 6.07) is 7.54. The summed E-state index contributed by atoms with van der Waals surface area (Å²) in [6.45, 7) is 2.31. The molecule has 0 atom stereocenters. The number of halogens is 2. The molecule has 0 radical (unpaired) electrons. The van der Waals surface area contributed by atoms with Crippen molar-refractivity contribution in [2.24, 2.45) is 7.05 Å². The molecule has 1 aromatic carbocycles. The van der Waals surface area contributed by atoms with Crippen LogP contribution in [0.25, 0.3) is 0 Å². The molecule has 8 heteroatoms. The van der Waals surface area contributed by atoms with Crippen molar-refractivity contribution in [1.82, 2.24) is 19.6 Å². The number of aromatic nitrogens is 4. The molecule has 1 N–H and O–H groups in total. The van der Waals surface area contributed by atoms with Gasteiger partial charge in [0.1, 0.15) is 5.69 Å². The van der Waals surface area contributed by atoms with Gasteiger partial charge in [-0.1, -0.05) is 35.3 Å². The molecule has 0 saturated heterocycles. The van der Waals surface area contributed by atoms with Gasteiger partial charge in [-0.05, 0) is 24.6 Å². The van der Waals surface area contributed by atoms with Gasteiger partial charge < -0.3 is 5.32 Å². The highest BCUT2D eigenvalue weighted by Crippen LogP contribution is 2.20. The average Bonchev–Trinajstić information content (AvgIpc) is 3.04. The van der Waals surface area contributed by atoms with Crippen LogP contribution in [0.4, 0.5) is 5.69 Å². The van der Waals surface area contributed by atoms with E-state index >= 15 is 0 Å². The minimum Gasteiger partial charge on any atom is -0.318 e. The third kappa shape index (κ3) is 3.44. The number of rotatable bonds is 4. The zero-order valence-corrected chi connectivity index (χ0v) is 14.6. The van der Waals surface area contributed by atoms with Crippen molar-refractivity contribution < 1.29 is 4.79 Å². The fraction of sp³-hybridized carbons (Fsp3) is 0.188. The van der Waals surface area contributed by atoms with E-state index in [0.29, 0.717) is 33.7 Å². The summed E-state index contributed by atoms with van der Waals surface area (Å²) in [6.07, 6.45) is 3.33. The highest BCUT2D eigenvalue weighted by Gasteiger charge is 2.19. The second-order valence-electron chi connectivity index (χ2n) is 5.38. The highest BCUT2D eigenvalue weighted by molar-refractivity contribution is 6.34. The van der Waals surface area contributed by atoms with E-state index < -0.39 is 0 Å². The zero-order valence-electron chi connectivity index (χ0n) is 13.1.